The van der Waals surface area contributed by atoms with Crippen molar-refractivity contribution in [3.8, 4) is 23.0 Å². The van der Waals surface area contributed by atoms with Gasteiger partial charge in [0.2, 0.25) is 11.5 Å². The molecule has 0 heterocycles. The summed E-state index contributed by atoms with van der Waals surface area (Å²) < 4.78 is 5.12. The smallest absolute Gasteiger partial charge is 0.313 e. The van der Waals surface area contributed by atoms with Crippen LogP contribution in [0.5, 0.6) is 23.0 Å². The van der Waals surface area contributed by atoms with Gasteiger partial charge in [-0.3, -0.25) is 14.8 Å². The summed E-state index contributed by atoms with van der Waals surface area (Å²) in [6.45, 7) is 0. The van der Waals surface area contributed by atoms with Crippen LogP contribution in [-0.2, 0) is 21.6 Å². The highest BCUT2D eigenvalue weighted by molar-refractivity contribution is 6.35. The lowest BCUT2D eigenvalue weighted by atomic mass is 9.82. The second kappa shape index (κ2) is 8.15. The third-order valence-corrected chi connectivity index (χ3v) is 4.25. The van der Waals surface area contributed by atoms with Gasteiger partial charge in [-0.2, -0.15) is 0 Å². The summed E-state index contributed by atoms with van der Waals surface area (Å²) in [6.07, 6.45) is -1.04. The molecule has 28 heavy (non-hydrogen) atoms. The van der Waals surface area contributed by atoms with Crippen molar-refractivity contribution in [1.82, 2.24) is 5.06 Å². The molecule has 0 bridgehead atoms. The zero-order valence-electron chi connectivity index (χ0n) is 15.3. The van der Waals surface area contributed by atoms with Crippen molar-refractivity contribution in [2.45, 2.75) is 18.4 Å². The average Bonchev–Trinajstić information content (AvgIpc) is 2.65. The summed E-state index contributed by atoms with van der Waals surface area (Å²) in [5, 5.41) is 50.0. The van der Waals surface area contributed by atoms with Gasteiger partial charge in [0.1, 0.15) is 11.4 Å². The van der Waals surface area contributed by atoms with E-state index >= 15 is 0 Å². The molecule has 0 spiro atoms. The third kappa shape index (κ3) is 4.33. The number of aromatic hydroxyl groups is 3. The molecule has 9 heteroatoms. The number of nitrogens with zero attached hydrogens (tertiary/aromatic N) is 1. The Morgan fingerprint density at radius 3 is 2.39 bits per heavy atom. The lowest BCUT2D eigenvalue weighted by Crippen LogP contribution is -2.38. The number of aliphatic hydroxyl groups is 1. The minimum Gasteiger partial charge on any atom is -0.504 e. The summed E-state index contributed by atoms with van der Waals surface area (Å²) >= 11 is 0. The summed E-state index contributed by atoms with van der Waals surface area (Å²) in [7, 11) is 2.42. The van der Waals surface area contributed by atoms with Gasteiger partial charge in [-0.15, -0.1) is 0 Å². The van der Waals surface area contributed by atoms with Gasteiger partial charge in [0.05, 0.1) is 7.11 Å². The Bertz CT molecular complexity index is 895. The molecule has 9 nitrogen and oxygen atoms in total. The Morgan fingerprint density at radius 1 is 1.11 bits per heavy atom. The van der Waals surface area contributed by atoms with Crippen LogP contribution in [0.25, 0.3) is 0 Å². The van der Waals surface area contributed by atoms with Crippen LogP contribution in [0.15, 0.2) is 36.4 Å². The second-order valence-electron chi connectivity index (χ2n) is 6.32. The molecule has 0 saturated heterocycles. The van der Waals surface area contributed by atoms with E-state index in [0.29, 0.717) is 11.3 Å². The third-order valence-electron chi connectivity index (χ3n) is 4.25. The number of likely N-dealkylation sites (N-methyl/N-ethyl adjacent to an activating group) is 1. The van der Waals surface area contributed by atoms with Crippen LogP contribution in [0.3, 0.4) is 0 Å². The standard InChI is InChI=1S/C19H21NO8/c1-20(27)18(25)15(22)10-19(26,9-11-4-3-5-12(8-11)28-2)13-6-7-14(21)17(24)16(13)23/h3-8,21,23-24,26-27H,9-10H2,1-2H3. The van der Waals surface area contributed by atoms with Crippen molar-refractivity contribution in [2.75, 3.05) is 14.2 Å². The number of rotatable bonds is 7. The van der Waals surface area contributed by atoms with E-state index < -0.39 is 41.0 Å². The number of hydrogen-bond acceptors (Lipinski definition) is 8. The lowest BCUT2D eigenvalue weighted by molar-refractivity contribution is -0.167. The van der Waals surface area contributed by atoms with Gasteiger partial charge in [-0.25, -0.2) is 5.06 Å². The van der Waals surface area contributed by atoms with E-state index in [1.165, 1.54) is 7.11 Å². The van der Waals surface area contributed by atoms with E-state index in [9.17, 15) is 35.2 Å². The molecule has 5 N–H and O–H groups in total. The van der Waals surface area contributed by atoms with Gasteiger partial charge in [0, 0.05) is 25.5 Å². The van der Waals surface area contributed by atoms with E-state index in [1.54, 1.807) is 24.3 Å². The van der Waals surface area contributed by atoms with Crippen molar-refractivity contribution in [3.05, 3.63) is 47.5 Å². The molecule has 0 radical (unpaired) electrons. The molecule has 0 fully saturated rings. The van der Waals surface area contributed by atoms with Crippen LogP contribution in [0.1, 0.15) is 17.5 Å². The quantitative estimate of drug-likeness (QED) is 0.204. The fourth-order valence-electron chi connectivity index (χ4n) is 2.84. The van der Waals surface area contributed by atoms with Crippen LogP contribution in [0.2, 0.25) is 0 Å². The predicted molar refractivity (Wildman–Crippen MR) is 96.2 cm³/mol. The van der Waals surface area contributed by atoms with Crippen molar-refractivity contribution in [2.24, 2.45) is 0 Å². The molecule has 0 saturated carbocycles. The first-order chi connectivity index (χ1) is 13.1. The Kier molecular flexibility index (Phi) is 6.12. The Hall–Kier alpha value is -3.30. The fourth-order valence-corrected chi connectivity index (χ4v) is 2.84. The summed E-state index contributed by atoms with van der Waals surface area (Å²) in [5.41, 5.74) is -1.90. The van der Waals surface area contributed by atoms with Crippen LogP contribution < -0.4 is 4.74 Å². The topological polar surface area (TPSA) is 148 Å². The number of phenols is 3. The molecule has 2 rings (SSSR count). The molecule has 0 aliphatic carbocycles. The molecule has 2 aromatic carbocycles. The van der Waals surface area contributed by atoms with Crippen molar-refractivity contribution >= 4 is 11.7 Å². The molecular weight excluding hydrogens is 370 g/mol. The van der Waals surface area contributed by atoms with Crippen LogP contribution in [-0.4, -0.2) is 56.5 Å². The second-order valence-corrected chi connectivity index (χ2v) is 6.32. The number of carbonyl (C=O) groups is 2. The number of ketones is 1. The molecule has 1 amide bonds. The SMILES string of the molecule is COc1cccc(CC(O)(CC(=O)C(=O)N(C)O)c2ccc(O)c(O)c2O)c1. The maximum Gasteiger partial charge on any atom is 0.313 e. The first kappa shape index (κ1) is 21.0. The Labute approximate surface area is 160 Å². The molecule has 0 aliphatic heterocycles. The predicted octanol–water partition coefficient (Wildman–Crippen LogP) is 1.05. The number of Topliss-reactive ketones (excluding diaryl/α,β-unsaturated/α-hetero) is 1. The number of phenolic OH excluding ortho intramolecular Hbond substituents is 3. The minimum absolute atomic E-state index is 0.0858. The fraction of sp³-hybridized carbons (Fsp3) is 0.263. The van der Waals surface area contributed by atoms with Gasteiger partial charge < -0.3 is 25.2 Å². The van der Waals surface area contributed by atoms with Crippen LogP contribution >= 0.6 is 0 Å². The molecule has 1 atom stereocenters. The number of benzene rings is 2. The van der Waals surface area contributed by atoms with E-state index in [2.05, 4.69) is 0 Å². The highest BCUT2D eigenvalue weighted by Crippen LogP contribution is 2.44. The normalized spacial score (nSPS) is 12.9. The van der Waals surface area contributed by atoms with E-state index in [4.69, 9.17) is 4.74 Å². The monoisotopic (exact) mass is 391 g/mol. The highest BCUT2D eigenvalue weighted by atomic mass is 16.5. The van der Waals surface area contributed by atoms with E-state index in [-0.39, 0.29) is 17.0 Å². The van der Waals surface area contributed by atoms with Gasteiger partial charge >= 0.3 is 5.91 Å². The average molecular weight is 391 g/mol. The number of carbonyl (C=O) groups excluding carboxylic acids is 2. The number of hydroxylamine groups is 2. The molecule has 2 aromatic rings. The van der Waals surface area contributed by atoms with Crippen LogP contribution in [0, 0.1) is 0 Å². The molecule has 0 aromatic heterocycles. The number of hydrogen-bond donors (Lipinski definition) is 5. The largest absolute Gasteiger partial charge is 0.504 e. The minimum atomic E-state index is -2.13. The summed E-state index contributed by atoms with van der Waals surface area (Å²) in [5.74, 6) is -4.23. The highest BCUT2D eigenvalue weighted by Gasteiger charge is 2.38. The van der Waals surface area contributed by atoms with Crippen molar-refractivity contribution in [3.63, 3.8) is 0 Å². The zero-order valence-corrected chi connectivity index (χ0v) is 15.3. The molecule has 150 valence electrons. The van der Waals surface area contributed by atoms with E-state index in [0.717, 1.165) is 19.2 Å². The Balaban J connectivity index is 2.52. The maximum absolute atomic E-state index is 12.2. The lowest BCUT2D eigenvalue weighted by Gasteiger charge is -2.29. The maximum atomic E-state index is 12.2. The first-order valence-corrected chi connectivity index (χ1v) is 8.18. The molecule has 0 aliphatic rings. The summed E-state index contributed by atoms with van der Waals surface area (Å²) in [6, 6.07) is 8.71. The Morgan fingerprint density at radius 2 is 1.79 bits per heavy atom. The van der Waals surface area contributed by atoms with Crippen LogP contribution in [0.4, 0.5) is 0 Å². The summed E-state index contributed by atoms with van der Waals surface area (Å²) in [4.78, 5) is 24.0. The van der Waals surface area contributed by atoms with Gasteiger partial charge in [-0.1, -0.05) is 12.1 Å². The van der Waals surface area contributed by atoms with Gasteiger partial charge in [0.15, 0.2) is 11.5 Å². The number of ether oxygens (including phenoxy) is 1. The number of methoxy groups -OCH3 is 1. The van der Waals surface area contributed by atoms with E-state index in [1.807, 2.05) is 0 Å². The van der Waals surface area contributed by atoms with Gasteiger partial charge in [-0.05, 0) is 29.8 Å². The first-order valence-electron chi connectivity index (χ1n) is 8.18. The van der Waals surface area contributed by atoms with Crippen molar-refractivity contribution < 1.29 is 40.0 Å². The molecular formula is C19H21NO8. The molecule has 1 unspecified atom stereocenters. The van der Waals surface area contributed by atoms with Gasteiger partial charge in [0.25, 0.3) is 0 Å². The van der Waals surface area contributed by atoms with Crippen molar-refractivity contribution in [1.29, 1.82) is 0 Å². The number of amides is 1. The zero-order chi connectivity index (χ0) is 21.1.